The van der Waals surface area contributed by atoms with Gasteiger partial charge in [0.05, 0.1) is 18.8 Å². The fraction of sp³-hybridized carbons (Fsp3) is 0.550. The number of rotatable bonds is 8. The maximum atomic E-state index is 12.5. The number of hydrogen-bond acceptors (Lipinski definition) is 5. The lowest BCUT2D eigenvalue weighted by molar-refractivity contribution is -0.123. The fourth-order valence-corrected chi connectivity index (χ4v) is 3.24. The molecule has 2 N–H and O–H groups in total. The average molecular weight is 356 g/mol. The Labute approximate surface area is 154 Å². The number of fused-ring (bicyclic) bond motifs is 1. The van der Waals surface area contributed by atoms with E-state index in [1.54, 1.807) is 13.8 Å². The van der Waals surface area contributed by atoms with Crippen molar-refractivity contribution in [3.8, 4) is 0 Å². The Balaban J connectivity index is 1.73. The van der Waals surface area contributed by atoms with Gasteiger partial charge in [-0.25, -0.2) is 0 Å². The topological polar surface area (TPSA) is 83.0 Å². The summed E-state index contributed by atoms with van der Waals surface area (Å²) in [4.78, 5) is 12.5. The average Bonchev–Trinajstić information content (AvgIpc) is 3.05. The molecule has 0 fully saturated rings. The van der Waals surface area contributed by atoms with Crippen LogP contribution in [0.2, 0.25) is 0 Å². The molecule has 1 aromatic carbocycles. The largest absolute Gasteiger partial charge is 0.376 e. The van der Waals surface area contributed by atoms with Crippen molar-refractivity contribution in [2.75, 3.05) is 6.61 Å². The molecular weight excluding hydrogens is 328 g/mol. The lowest BCUT2D eigenvalue weighted by Crippen LogP contribution is -2.42. The van der Waals surface area contributed by atoms with Gasteiger partial charge in [0.15, 0.2) is 5.78 Å². The van der Waals surface area contributed by atoms with Crippen LogP contribution in [0.1, 0.15) is 56.2 Å². The Morgan fingerprint density at radius 2 is 2.04 bits per heavy atom. The van der Waals surface area contributed by atoms with Gasteiger partial charge in [0, 0.05) is 25.3 Å². The molecule has 3 rings (SSSR count). The summed E-state index contributed by atoms with van der Waals surface area (Å²) in [6.45, 7) is 5.34. The van der Waals surface area contributed by atoms with Crippen LogP contribution in [0.5, 0.6) is 0 Å². The first kappa shape index (κ1) is 18.7. The molecule has 2 heterocycles. The lowest BCUT2D eigenvalue weighted by atomic mass is 9.91. The van der Waals surface area contributed by atoms with Crippen molar-refractivity contribution >= 4 is 5.78 Å². The van der Waals surface area contributed by atoms with E-state index in [1.807, 2.05) is 30.3 Å². The number of aryl methyl sites for hydroxylation is 1. The second-order valence-corrected chi connectivity index (χ2v) is 7.63. The van der Waals surface area contributed by atoms with Crippen LogP contribution in [0.4, 0.5) is 0 Å². The minimum absolute atomic E-state index is 0.0129. The molecule has 0 radical (unpaired) electrons. The molecule has 1 aliphatic rings. The van der Waals surface area contributed by atoms with Gasteiger partial charge in [0.2, 0.25) is 0 Å². The van der Waals surface area contributed by atoms with Crippen LogP contribution in [0.15, 0.2) is 30.3 Å². The van der Waals surface area contributed by atoms with Crippen LogP contribution in [0.25, 0.3) is 0 Å². The molecule has 0 amide bonds. The molecule has 140 valence electrons. The van der Waals surface area contributed by atoms with E-state index < -0.39 is 5.54 Å². The van der Waals surface area contributed by atoms with E-state index in [0.717, 1.165) is 43.0 Å². The molecule has 0 saturated heterocycles. The second kappa shape index (κ2) is 8.10. The molecule has 1 atom stereocenters. The summed E-state index contributed by atoms with van der Waals surface area (Å²) in [6, 6.07) is 10.0. The van der Waals surface area contributed by atoms with Crippen LogP contribution < -0.4 is 5.73 Å². The molecule has 6 nitrogen and oxygen atoms in total. The quantitative estimate of drug-likeness (QED) is 0.786. The molecule has 1 aliphatic heterocycles. The SMILES string of the molecule is CC(C)(N)C(=O)C[C@H](COCc1ccccc1)c1nnc2n1CCCC2. The zero-order valence-electron chi connectivity index (χ0n) is 15.6. The van der Waals surface area contributed by atoms with Gasteiger partial charge in [0.1, 0.15) is 11.6 Å². The third kappa shape index (κ3) is 4.56. The van der Waals surface area contributed by atoms with Gasteiger partial charge in [0.25, 0.3) is 0 Å². The number of aromatic nitrogens is 3. The normalized spacial score (nSPS) is 15.5. The zero-order chi connectivity index (χ0) is 18.6. The Kier molecular flexibility index (Phi) is 5.84. The Morgan fingerprint density at radius 1 is 1.27 bits per heavy atom. The number of benzene rings is 1. The first-order valence-electron chi connectivity index (χ1n) is 9.31. The molecule has 26 heavy (non-hydrogen) atoms. The highest BCUT2D eigenvalue weighted by molar-refractivity contribution is 5.87. The molecular formula is C20H28N4O2. The van der Waals surface area contributed by atoms with Crippen LogP contribution in [0, 0.1) is 0 Å². The van der Waals surface area contributed by atoms with Gasteiger partial charge in [-0.3, -0.25) is 4.79 Å². The Bertz CT molecular complexity index is 734. The van der Waals surface area contributed by atoms with Crippen LogP contribution in [0.3, 0.4) is 0 Å². The maximum Gasteiger partial charge on any atom is 0.152 e. The lowest BCUT2D eigenvalue weighted by Gasteiger charge is -2.23. The van der Waals surface area contributed by atoms with Gasteiger partial charge in [-0.1, -0.05) is 30.3 Å². The fourth-order valence-electron chi connectivity index (χ4n) is 3.24. The zero-order valence-corrected chi connectivity index (χ0v) is 15.6. The van der Waals surface area contributed by atoms with Gasteiger partial charge in [-0.05, 0) is 32.3 Å². The van der Waals surface area contributed by atoms with E-state index in [1.165, 1.54) is 0 Å². The minimum atomic E-state index is -0.859. The predicted molar refractivity (Wildman–Crippen MR) is 99.7 cm³/mol. The summed E-state index contributed by atoms with van der Waals surface area (Å²) >= 11 is 0. The molecule has 0 spiro atoms. The summed E-state index contributed by atoms with van der Waals surface area (Å²) in [5.74, 6) is 1.75. The molecule has 6 heteroatoms. The molecule has 0 bridgehead atoms. The Hall–Kier alpha value is -2.05. The first-order valence-corrected chi connectivity index (χ1v) is 9.31. The van der Waals surface area contributed by atoms with Gasteiger partial charge >= 0.3 is 0 Å². The Morgan fingerprint density at radius 3 is 2.77 bits per heavy atom. The molecule has 0 saturated carbocycles. The van der Waals surface area contributed by atoms with E-state index in [9.17, 15) is 4.79 Å². The van der Waals surface area contributed by atoms with E-state index in [2.05, 4.69) is 14.8 Å². The second-order valence-electron chi connectivity index (χ2n) is 7.63. The van der Waals surface area contributed by atoms with E-state index >= 15 is 0 Å². The number of carbonyl (C=O) groups excluding carboxylic acids is 1. The standard InChI is InChI=1S/C20H28N4O2/c1-20(2,21)17(25)12-16(14-26-13-15-8-4-3-5-9-15)19-23-22-18-10-6-7-11-24(18)19/h3-5,8-9,16H,6-7,10-14,21H2,1-2H3/t16-/m1/s1. The highest BCUT2D eigenvalue weighted by Gasteiger charge is 2.30. The van der Waals surface area contributed by atoms with E-state index in [-0.39, 0.29) is 11.7 Å². The molecule has 0 unspecified atom stereocenters. The van der Waals surface area contributed by atoms with Crippen molar-refractivity contribution in [1.82, 2.24) is 14.8 Å². The number of Topliss-reactive ketones (excluding diaryl/α,β-unsaturated/α-hetero) is 1. The summed E-state index contributed by atoms with van der Waals surface area (Å²) in [6.07, 6.45) is 3.52. The van der Waals surface area contributed by atoms with Gasteiger partial charge < -0.3 is 15.0 Å². The van der Waals surface area contributed by atoms with Crippen LogP contribution in [-0.2, 0) is 29.1 Å². The summed E-state index contributed by atoms with van der Waals surface area (Å²) in [7, 11) is 0. The van der Waals surface area contributed by atoms with Crippen LogP contribution >= 0.6 is 0 Å². The number of ether oxygens (including phenoxy) is 1. The number of carbonyl (C=O) groups is 1. The monoisotopic (exact) mass is 356 g/mol. The predicted octanol–water partition coefficient (Wildman–Crippen LogP) is 2.61. The number of hydrogen-bond donors (Lipinski definition) is 1. The van der Waals surface area contributed by atoms with Crippen molar-refractivity contribution in [2.45, 2.75) is 64.1 Å². The maximum absolute atomic E-state index is 12.5. The van der Waals surface area contributed by atoms with E-state index in [4.69, 9.17) is 10.5 Å². The van der Waals surface area contributed by atoms with Crippen molar-refractivity contribution < 1.29 is 9.53 Å². The summed E-state index contributed by atoms with van der Waals surface area (Å²) in [5.41, 5.74) is 6.26. The van der Waals surface area contributed by atoms with Crippen molar-refractivity contribution in [2.24, 2.45) is 5.73 Å². The van der Waals surface area contributed by atoms with Crippen molar-refractivity contribution in [3.05, 3.63) is 47.5 Å². The van der Waals surface area contributed by atoms with Gasteiger partial charge in [-0.15, -0.1) is 10.2 Å². The third-order valence-electron chi connectivity index (χ3n) is 4.83. The first-order chi connectivity index (χ1) is 12.4. The third-order valence-corrected chi connectivity index (χ3v) is 4.83. The minimum Gasteiger partial charge on any atom is -0.376 e. The smallest absolute Gasteiger partial charge is 0.152 e. The highest BCUT2D eigenvalue weighted by Crippen LogP contribution is 2.25. The molecule has 1 aromatic heterocycles. The van der Waals surface area contributed by atoms with Crippen LogP contribution in [-0.4, -0.2) is 32.7 Å². The molecule has 2 aromatic rings. The number of nitrogens with two attached hydrogens (primary N) is 1. The highest BCUT2D eigenvalue weighted by atomic mass is 16.5. The molecule has 0 aliphatic carbocycles. The van der Waals surface area contributed by atoms with Crippen molar-refractivity contribution in [3.63, 3.8) is 0 Å². The van der Waals surface area contributed by atoms with Gasteiger partial charge in [-0.2, -0.15) is 0 Å². The summed E-state index contributed by atoms with van der Waals surface area (Å²) < 4.78 is 8.10. The number of nitrogens with zero attached hydrogens (tertiary/aromatic N) is 3. The van der Waals surface area contributed by atoms with E-state index in [0.29, 0.717) is 19.6 Å². The van der Waals surface area contributed by atoms with Crippen molar-refractivity contribution in [1.29, 1.82) is 0 Å². The summed E-state index contributed by atoms with van der Waals surface area (Å²) in [5, 5.41) is 8.73. The number of ketones is 1.